The zero-order valence-electron chi connectivity index (χ0n) is 7.34. The topological polar surface area (TPSA) is 60.0 Å². The van der Waals surface area contributed by atoms with E-state index in [1.54, 1.807) is 6.92 Å². The molecule has 0 aliphatic rings. The Morgan fingerprint density at radius 1 is 1.14 bits per heavy atom. The first-order chi connectivity index (χ1) is 5.41. The van der Waals surface area contributed by atoms with Crippen molar-refractivity contribution in [2.24, 2.45) is 0 Å². The molecule has 2 nitrogen and oxygen atoms in total. The summed E-state index contributed by atoms with van der Waals surface area (Å²) in [5.41, 5.74) is 0.169. The molecule has 0 spiro atoms. The number of benzene rings is 1. The SMILES string of the molecule is [B+2]c1ccc(C(F)(F)F)cc1C.[OH-].[OH-]. The largest absolute Gasteiger partial charge is 0.870 e. The molecule has 0 saturated carbocycles. The number of halogens is 3. The maximum absolute atomic E-state index is 12.1. The van der Waals surface area contributed by atoms with Gasteiger partial charge in [0, 0.05) is 0 Å². The van der Waals surface area contributed by atoms with E-state index in [9.17, 15) is 13.2 Å². The zero-order valence-corrected chi connectivity index (χ0v) is 7.34. The van der Waals surface area contributed by atoms with E-state index in [0.717, 1.165) is 12.1 Å². The molecule has 2 N–H and O–H groups in total. The van der Waals surface area contributed by atoms with Crippen LogP contribution in [0.2, 0.25) is 0 Å². The second kappa shape index (κ2) is 5.02. The first kappa shape index (κ1) is 15.5. The van der Waals surface area contributed by atoms with Crippen LogP contribution in [-0.4, -0.2) is 18.8 Å². The second-order valence-corrected chi connectivity index (χ2v) is 2.57. The van der Waals surface area contributed by atoms with Crippen LogP contribution in [0.1, 0.15) is 11.1 Å². The van der Waals surface area contributed by atoms with Gasteiger partial charge in [0.1, 0.15) is 0 Å². The molecule has 76 valence electrons. The Hall–Kier alpha value is -1.01. The molecule has 0 aliphatic carbocycles. The molecule has 0 amide bonds. The van der Waals surface area contributed by atoms with Crippen molar-refractivity contribution >= 4 is 13.3 Å². The van der Waals surface area contributed by atoms with Gasteiger partial charge in [-0.1, -0.05) is 0 Å². The van der Waals surface area contributed by atoms with Crippen molar-refractivity contribution in [3.63, 3.8) is 0 Å². The van der Waals surface area contributed by atoms with Crippen LogP contribution in [0.3, 0.4) is 0 Å². The van der Waals surface area contributed by atoms with Crippen molar-refractivity contribution in [1.82, 2.24) is 0 Å². The third-order valence-electron chi connectivity index (χ3n) is 1.60. The van der Waals surface area contributed by atoms with Crippen molar-refractivity contribution in [2.45, 2.75) is 13.1 Å². The molecular weight excluding hydrogens is 196 g/mol. The minimum atomic E-state index is -4.28. The van der Waals surface area contributed by atoms with Crippen molar-refractivity contribution in [2.75, 3.05) is 0 Å². The van der Waals surface area contributed by atoms with Crippen LogP contribution < -0.4 is 5.46 Å². The summed E-state index contributed by atoms with van der Waals surface area (Å²) in [5.74, 6) is 0. The average molecular weight is 204 g/mol. The van der Waals surface area contributed by atoms with Crippen LogP contribution >= 0.6 is 0 Å². The monoisotopic (exact) mass is 204 g/mol. The van der Waals surface area contributed by atoms with Gasteiger partial charge in [-0.25, -0.2) is 0 Å². The van der Waals surface area contributed by atoms with Crippen molar-refractivity contribution in [3.8, 4) is 0 Å². The van der Waals surface area contributed by atoms with Gasteiger partial charge >= 0.3 is 68.9 Å². The summed E-state index contributed by atoms with van der Waals surface area (Å²) in [6, 6.07) is 3.27. The third-order valence-corrected chi connectivity index (χ3v) is 1.60. The van der Waals surface area contributed by atoms with Crippen LogP contribution in [0.15, 0.2) is 18.2 Å². The van der Waals surface area contributed by atoms with Crippen LogP contribution in [0.5, 0.6) is 0 Å². The molecule has 14 heavy (non-hydrogen) atoms. The van der Waals surface area contributed by atoms with Gasteiger partial charge in [-0.3, -0.25) is 0 Å². The minimum absolute atomic E-state index is 0. The van der Waals surface area contributed by atoms with Crippen molar-refractivity contribution in [1.29, 1.82) is 0 Å². The molecule has 0 atom stereocenters. The standard InChI is InChI=1S/C8H6BF3.2H2O/c1-5-4-6(8(10,11)12)2-3-7(5)9;;/h2-4H,1H3;2*1H2/q+2;;/p-2. The van der Waals surface area contributed by atoms with E-state index in [-0.39, 0.29) is 11.0 Å². The van der Waals surface area contributed by atoms with E-state index in [4.69, 9.17) is 7.85 Å². The molecule has 1 aromatic carbocycles. The molecule has 0 unspecified atom stereocenters. The van der Waals surface area contributed by atoms with E-state index < -0.39 is 11.7 Å². The summed E-state index contributed by atoms with van der Waals surface area (Å²) in [6.45, 7) is 1.55. The zero-order chi connectivity index (χ0) is 9.35. The summed E-state index contributed by atoms with van der Waals surface area (Å²) >= 11 is 0. The summed E-state index contributed by atoms with van der Waals surface area (Å²) < 4.78 is 36.2. The summed E-state index contributed by atoms with van der Waals surface area (Å²) in [6.07, 6.45) is -4.28. The maximum atomic E-state index is 12.1. The van der Waals surface area contributed by atoms with Crippen LogP contribution in [0.25, 0.3) is 0 Å². The van der Waals surface area contributed by atoms with E-state index in [1.807, 2.05) is 0 Å². The Labute approximate surface area is 80.8 Å². The average Bonchev–Trinajstić information content (AvgIpc) is 1.92. The van der Waals surface area contributed by atoms with Crippen LogP contribution in [0.4, 0.5) is 13.2 Å². The molecule has 0 radical (unpaired) electrons. The van der Waals surface area contributed by atoms with Crippen LogP contribution in [-0.2, 0) is 6.18 Å². The molecule has 0 heterocycles. The maximum Gasteiger partial charge on any atom is -0.870 e. The van der Waals surface area contributed by atoms with E-state index in [2.05, 4.69) is 0 Å². The van der Waals surface area contributed by atoms with E-state index in [1.165, 1.54) is 6.07 Å². The molecule has 1 rings (SSSR count). The van der Waals surface area contributed by atoms with Gasteiger partial charge in [-0.05, 0) is 0 Å². The third kappa shape index (κ3) is 3.39. The van der Waals surface area contributed by atoms with E-state index >= 15 is 0 Å². The summed E-state index contributed by atoms with van der Waals surface area (Å²) in [4.78, 5) is 0. The first-order valence-electron chi connectivity index (χ1n) is 3.34. The van der Waals surface area contributed by atoms with Gasteiger partial charge in [-0.2, -0.15) is 0 Å². The Morgan fingerprint density at radius 2 is 1.64 bits per heavy atom. The molecule has 0 saturated heterocycles. The predicted octanol–water partition coefficient (Wildman–Crippen LogP) is 1.45. The van der Waals surface area contributed by atoms with E-state index in [0.29, 0.717) is 11.0 Å². The number of rotatable bonds is 0. The molecule has 6 heteroatoms. The molecule has 0 fully saturated rings. The Balaban J connectivity index is 0. The summed E-state index contributed by atoms with van der Waals surface area (Å²) in [5, 5.41) is 0. The molecule has 0 aromatic heterocycles. The minimum Gasteiger partial charge on any atom is -0.870 e. The number of hydrogen-bond acceptors (Lipinski definition) is 2. The van der Waals surface area contributed by atoms with Crippen molar-refractivity contribution in [3.05, 3.63) is 29.3 Å². The quantitative estimate of drug-likeness (QED) is 0.600. The van der Waals surface area contributed by atoms with Gasteiger partial charge in [0.25, 0.3) is 0 Å². The normalized spacial score (nSPS) is 10.1. The Morgan fingerprint density at radius 3 is 2.00 bits per heavy atom. The number of hydrogen-bond donors (Lipinski definition) is 0. The fraction of sp³-hybridized carbons (Fsp3) is 0.250. The number of alkyl halides is 3. The van der Waals surface area contributed by atoms with Gasteiger partial charge in [0.15, 0.2) is 0 Å². The fourth-order valence-electron chi connectivity index (χ4n) is 0.852. The first-order valence-corrected chi connectivity index (χ1v) is 3.34. The van der Waals surface area contributed by atoms with Gasteiger partial charge in [0.05, 0.1) is 0 Å². The Kier molecular flexibility index (Phi) is 5.55. The molecule has 1 aromatic rings. The second-order valence-electron chi connectivity index (χ2n) is 2.57. The van der Waals surface area contributed by atoms with Gasteiger partial charge in [0.2, 0.25) is 0 Å². The fourth-order valence-corrected chi connectivity index (χ4v) is 0.852. The summed E-state index contributed by atoms with van der Waals surface area (Å²) in [7, 11) is 5.36. The van der Waals surface area contributed by atoms with Gasteiger partial charge in [-0.15, -0.1) is 0 Å². The number of aryl methyl sites for hydroxylation is 1. The smallest absolute Gasteiger partial charge is 0.870 e. The molecule has 0 aliphatic heterocycles. The van der Waals surface area contributed by atoms with Gasteiger partial charge < -0.3 is 11.0 Å². The predicted molar refractivity (Wildman–Crippen MR) is 45.4 cm³/mol. The Bertz CT molecular complexity index is 299. The molecular formula is C8H8BF3O2. The van der Waals surface area contributed by atoms with Crippen LogP contribution in [0, 0.1) is 6.92 Å². The molecule has 0 bridgehead atoms. The van der Waals surface area contributed by atoms with Crippen molar-refractivity contribution < 1.29 is 24.1 Å².